The smallest absolute Gasteiger partial charge is 0.303 e. The van der Waals surface area contributed by atoms with E-state index < -0.39 is 60.2 Å². The molecule has 29 heteroatoms. The number of hydrogen-bond donors (Lipinski definition) is 8. The second kappa shape index (κ2) is 24.8. The molecule has 1 aliphatic rings. The molecule has 7 aromatic heterocycles. The maximum atomic E-state index is 14.1. The molecule has 10 bridgehead atoms. The van der Waals surface area contributed by atoms with Crippen LogP contribution in [0.1, 0.15) is 107 Å². The van der Waals surface area contributed by atoms with Crippen LogP contribution in [-0.2, 0) is 30.5 Å². The van der Waals surface area contributed by atoms with Crippen LogP contribution in [0.2, 0.25) is 0 Å². The second-order valence-electron chi connectivity index (χ2n) is 17.0. The number of rotatable bonds is 13. The number of unbranched alkanes of at least 4 members (excludes halogenated alkanes) is 1. The van der Waals surface area contributed by atoms with Gasteiger partial charge >= 0.3 is 5.97 Å². The summed E-state index contributed by atoms with van der Waals surface area (Å²) in [5, 5.41) is 45.7. The number of carboxylic acids is 1. The largest absolute Gasteiger partial charge is 0.481 e. The number of aliphatic hydroxyl groups excluding tert-OH is 1. The molecule has 0 radical (unpaired) electrons. The average molecular weight is 1170 g/mol. The highest BCUT2D eigenvalue weighted by Gasteiger charge is 2.31. The van der Waals surface area contributed by atoms with E-state index in [1.54, 1.807) is 70.9 Å². The minimum Gasteiger partial charge on any atom is -0.481 e. The molecular formula is C49H45N13O10S6. The number of hydrogen-bond acceptors (Lipinski definition) is 22. The molecule has 8 heterocycles. The summed E-state index contributed by atoms with van der Waals surface area (Å²) < 4.78 is 5.33. The second-order valence-corrected chi connectivity index (χ2v) is 22.8. The van der Waals surface area contributed by atoms with Crippen LogP contribution in [0.4, 0.5) is 10.9 Å². The van der Waals surface area contributed by atoms with Crippen LogP contribution in [0.3, 0.4) is 0 Å². The molecule has 0 spiro atoms. The van der Waals surface area contributed by atoms with Gasteiger partial charge in [-0.2, -0.15) is 0 Å². The fourth-order valence-electron chi connectivity index (χ4n) is 7.74. The van der Waals surface area contributed by atoms with Gasteiger partial charge in [-0.15, -0.1) is 56.7 Å². The normalized spacial score (nSPS) is 15.4. The molecule has 0 unspecified atom stereocenters. The van der Waals surface area contributed by atoms with E-state index in [4.69, 9.17) is 29.8 Å². The molecule has 8 aromatic rings. The standard InChI is InChI=1S/C49H45N13O10S6/c1-22-36-43(71)62-49-61-38(30(78-49)17-72-3)42(70)51-16-34(65)59-39(40(68)23-9-5-4-6-10-23)48-56-29(20-75-48)46-54-27(18-74-46)37-24(44-55-28(19-73-44)41(69)53-26(15-33(64)50-2)47(60-36)77-22)13-14-25(52-37)45-58-31(21-76-45)57-32(63)11-7-8-12-35(66)67/h4-6,9-10,13-14,18-21,26,39-40,68H,7-8,11-12,15-17H2,1-3H3,(H,50,64)(H,51,70)(H,53,69)(H,57,63)(H,59,65)(H,66,67)(H,61,62,71)/t26-,39-,40-/m0/s1. The first kappa shape index (κ1) is 55.1. The lowest BCUT2D eigenvalue weighted by Gasteiger charge is -2.23. The van der Waals surface area contributed by atoms with Crippen LogP contribution in [0.25, 0.3) is 43.4 Å². The Morgan fingerprint density at radius 2 is 1.45 bits per heavy atom. The van der Waals surface area contributed by atoms with Crippen molar-refractivity contribution in [2.24, 2.45) is 0 Å². The Morgan fingerprint density at radius 1 is 0.718 bits per heavy atom. The number of carbonyl (C=O) groups excluding carboxylic acids is 6. The molecule has 3 atom stereocenters. The highest BCUT2D eigenvalue weighted by Crippen LogP contribution is 2.40. The number of carbonyl (C=O) groups is 7. The number of amides is 6. The minimum absolute atomic E-state index is 0.0124. The zero-order valence-electron chi connectivity index (χ0n) is 41.3. The van der Waals surface area contributed by atoms with Gasteiger partial charge in [0.15, 0.2) is 5.13 Å². The topological polar surface area (TPSA) is 332 Å². The lowest BCUT2D eigenvalue weighted by atomic mass is 10.0. The van der Waals surface area contributed by atoms with Gasteiger partial charge < -0.3 is 41.5 Å². The third kappa shape index (κ3) is 13.0. The van der Waals surface area contributed by atoms with Gasteiger partial charge in [0.25, 0.3) is 17.7 Å². The molecule has 8 N–H and O–H groups in total. The van der Waals surface area contributed by atoms with Crippen molar-refractivity contribution in [2.45, 2.75) is 63.8 Å². The van der Waals surface area contributed by atoms with Gasteiger partial charge in [-0.1, -0.05) is 41.7 Å². The molecule has 6 amide bonds. The highest BCUT2D eigenvalue weighted by atomic mass is 32.1. The van der Waals surface area contributed by atoms with Crippen molar-refractivity contribution < 1.29 is 48.5 Å². The molecule has 0 fully saturated rings. The molecule has 402 valence electrons. The fraction of sp³-hybridized carbons (Fsp3) is 0.265. The zero-order valence-corrected chi connectivity index (χ0v) is 46.2. The van der Waals surface area contributed by atoms with Crippen molar-refractivity contribution in [3.05, 3.63) is 106 Å². The summed E-state index contributed by atoms with van der Waals surface area (Å²) in [4.78, 5) is 126. The number of thiazole rings is 6. The summed E-state index contributed by atoms with van der Waals surface area (Å²) in [6.07, 6.45) is -0.689. The van der Waals surface area contributed by atoms with Crippen LogP contribution in [0.5, 0.6) is 0 Å². The van der Waals surface area contributed by atoms with Gasteiger partial charge in [0.2, 0.25) is 17.7 Å². The van der Waals surface area contributed by atoms with E-state index in [0.717, 1.165) is 34.0 Å². The number of aryl methyl sites for hydroxylation is 1. The number of fused-ring (bicyclic) bond motifs is 14. The number of pyridine rings is 1. The van der Waals surface area contributed by atoms with Crippen LogP contribution in [0, 0.1) is 6.92 Å². The van der Waals surface area contributed by atoms with Crippen molar-refractivity contribution in [2.75, 3.05) is 31.3 Å². The minimum atomic E-state index is -1.28. The molecule has 0 saturated carbocycles. The quantitative estimate of drug-likeness (QED) is 0.0538. The third-order valence-corrected chi connectivity index (χ3v) is 17.1. The Hall–Kier alpha value is -7.64. The Bertz CT molecular complexity index is 3550. The molecule has 23 nitrogen and oxygen atoms in total. The van der Waals surface area contributed by atoms with Crippen LogP contribution < -0.4 is 31.9 Å². The summed E-state index contributed by atoms with van der Waals surface area (Å²) in [6, 6.07) is 10.1. The van der Waals surface area contributed by atoms with Crippen molar-refractivity contribution >= 4 is 120 Å². The number of nitrogens with one attached hydrogen (secondary N) is 6. The predicted molar refractivity (Wildman–Crippen MR) is 295 cm³/mol. The van der Waals surface area contributed by atoms with E-state index in [2.05, 4.69) is 46.9 Å². The van der Waals surface area contributed by atoms with E-state index in [1.807, 2.05) is 0 Å². The maximum absolute atomic E-state index is 14.1. The van der Waals surface area contributed by atoms with E-state index in [-0.39, 0.29) is 59.0 Å². The lowest BCUT2D eigenvalue weighted by molar-refractivity contribution is -0.137. The molecule has 0 saturated heterocycles. The first-order valence-corrected chi connectivity index (χ1v) is 28.7. The van der Waals surface area contributed by atoms with Gasteiger partial charge in [0, 0.05) is 59.0 Å². The van der Waals surface area contributed by atoms with E-state index in [1.165, 1.54) is 48.2 Å². The van der Waals surface area contributed by atoms with Crippen LogP contribution in [0.15, 0.2) is 64.0 Å². The predicted octanol–water partition coefficient (Wildman–Crippen LogP) is 7.02. The van der Waals surface area contributed by atoms with Gasteiger partial charge in [-0.05, 0) is 37.5 Å². The van der Waals surface area contributed by atoms with E-state index >= 15 is 0 Å². The third-order valence-electron chi connectivity index (χ3n) is 11.5. The Kier molecular flexibility index (Phi) is 17.5. The molecule has 78 heavy (non-hydrogen) atoms. The Balaban J connectivity index is 1.10. The van der Waals surface area contributed by atoms with E-state index in [0.29, 0.717) is 82.3 Å². The maximum Gasteiger partial charge on any atom is 0.303 e. The molecule has 0 aliphatic carbocycles. The molecule has 1 aromatic carbocycles. The fourth-order valence-corrected chi connectivity index (χ4v) is 12.9. The zero-order chi connectivity index (χ0) is 55.0. The van der Waals surface area contributed by atoms with Gasteiger partial charge in [-0.25, -0.2) is 34.9 Å². The van der Waals surface area contributed by atoms with Crippen molar-refractivity contribution in [1.29, 1.82) is 0 Å². The average Bonchev–Trinajstić information content (AvgIpc) is 4.41. The number of nitrogens with zero attached hydrogens (tertiary/aromatic N) is 7. The van der Waals surface area contributed by atoms with Gasteiger partial charge in [0.05, 0.1) is 36.2 Å². The van der Waals surface area contributed by atoms with Crippen LogP contribution >= 0.6 is 68.0 Å². The summed E-state index contributed by atoms with van der Waals surface area (Å²) in [7, 11) is 2.88. The molecule has 1 aliphatic heterocycles. The summed E-state index contributed by atoms with van der Waals surface area (Å²) in [6.45, 7) is 1.07. The summed E-state index contributed by atoms with van der Waals surface area (Å²) in [5.74, 6) is -4.08. The number of aliphatic carboxylic acids is 1. The number of aliphatic hydroxyl groups is 1. The first-order valence-electron chi connectivity index (χ1n) is 23.6. The number of carboxylic acid groups (broad SMARTS) is 1. The molecule has 9 rings (SSSR count). The van der Waals surface area contributed by atoms with Crippen molar-refractivity contribution in [3.63, 3.8) is 0 Å². The van der Waals surface area contributed by atoms with E-state index in [9.17, 15) is 38.7 Å². The van der Waals surface area contributed by atoms with Gasteiger partial charge in [0.1, 0.15) is 77.2 Å². The Morgan fingerprint density at radius 3 is 2.23 bits per heavy atom. The Labute approximate surface area is 467 Å². The van der Waals surface area contributed by atoms with Crippen molar-refractivity contribution in [3.8, 4) is 43.4 Å². The SMILES string of the molecule is CNC(=O)C[C@@H]1NC(=O)c2csc(n2)-c2ccc(-c3nc(NC(=O)CCCCC(=O)O)cs3)nc2-c2csc(n2)-c2csc(n2)[C@H]([C@@H](O)c2ccccc2)NC(=O)CNC(=O)c2nc(sc2COC)NC(=O)c2nc1sc2C. The molecular weight excluding hydrogens is 1120 g/mol. The number of aromatic nitrogens is 7. The summed E-state index contributed by atoms with van der Waals surface area (Å²) in [5.41, 5.74) is 2.48. The summed E-state index contributed by atoms with van der Waals surface area (Å²) >= 11 is 6.90. The number of anilines is 2. The number of benzene rings is 1. The number of ether oxygens (including phenoxy) is 1. The van der Waals surface area contributed by atoms with Crippen molar-refractivity contribution in [1.82, 2.24) is 56.2 Å². The number of methoxy groups -OCH3 is 1. The first-order chi connectivity index (χ1) is 37.6. The van der Waals surface area contributed by atoms with Crippen LogP contribution in [-0.4, -0.2) is 107 Å². The van der Waals surface area contributed by atoms with Gasteiger partial charge in [-0.3, -0.25) is 38.9 Å². The monoisotopic (exact) mass is 1170 g/mol. The lowest BCUT2D eigenvalue weighted by Crippen LogP contribution is -2.40. The highest BCUT2D eigenvalue weighted by molar-refractivity contribution is 7.16.